The predicted octanol–water partition coefficient (Wildman–Crippen LogP) is 3.05. The van der Waals surface area contributed by atoms with E-state index in [9.17, 15) is 0 Å². The number of ether oxygens (including phenoxy) is 5. The van der Waals surface area contributed by atoms with Crippen molar-refractivity contribution < 1.29 is 23.7 Å². The van der Waals surface area contributed by atoms with E-state index >= 15 is 0 Å². The van der Waals surface area contributed by atoms with Crippen LogP contribution < -0.4 is 23.7 Å². The van der Waals surface area contributed by atoms with Gasteiger partial charge in [0.15, 0.2) is 11.5 Å². The highest BCUT2D eigenvalue weighted by atomic mass is 16.5. The molecule has 1 fully saturated rings. The summed E-state index contributed by atoms with van der Waals surface area (Å²) in [4.78, 5) is 4.89. The van der Waals surface area contributed by atoms with E-state index in [1.54, 1.807) is 35.5 Å². The molecule has 0 spiro atoms. The van der Waals surface area contributed by atoms with Crippen LogP contribution in [0.15, 0.2) is 30.3 Å². The number of hydrogen-bond donors (Lipinski definition) is 0. The molecule has 0 N–H and O–H groups in total. The number of benzene rings is 2. The minimum Gasteiger partial charge on any atom is -0.497 e. The molecule has 1 aliphatic heterocycles. The van der Waals surface area contributed by atoms with Crippen molar-refractivity contribution in [2.75, 3.05) is 61.7 Å². The third-order valence-electron chi connectivity index (χ3n) is 5.53. The van der Waals surface area contributed by atoms with E-state index in [4.69, 9.17) is 23.7 Å². The van der Waals surface area contributed by atoms with E-state index in [1.807, 2.05) is 24.3 Å². The molecule has 0 aromatic heterocycles. The van der Waals surface area contributed by atoms with E-state index in [0.717, 1.165) is 67.8 Å². The first-order chi connectivity index (χ1) is 14.6. The molecule has 2 aromatic carbocycles. The van der Waals surface area contributed by atoms with Crippen molar-refractivity contribution in [3.05, 3.63) is 41.5 Å². The second-order valence-corrected chi connectivity index (χ2v) is 7.25. The van der Waals surface area contributed by atoms with Crippen LogP contribution in [0.2, 0.25) is 0 Å². The summed E-state index contributed by atoms with van der Waals surface area (Å²) in [6, 6.07) is 9.90. The highest BCUT2D eigenvalue weighted by molar-refractivity contribution is 5.50. The van der Waals surface area contributed by atoms with Crippen molar-refractivity contribution in [2.24, 2.45) is 0 Å². The average Bonchev–Trinajstić information content (AvgIpc) is 2.80. The molecule has 1 aliphatic rings. The standard InChI is InChI=1S/C23H32N2O5/c1-26-19-7-6-17(20(13-19)27-2)15-24-8-10-25(11-9-24)16-18-12-22(29-4)23(30-5)14-21(18)28-3/h6-7,12-14H,8-11,15-16H2,1-5H3. The normalized spacial score (nSPS) is 15.0. The van der Waals surface area contributed by atoms with Crippen molar-refractivity contribution in [3.63, 3.8) is 0 Å². The van der Waals surface area contributed by atoms with Crippen LogP contribution in [0.1, 0.15) is 11.1 Å². The second kappa shape index (κ2) is 10.4. The van der Waals surface area contributed by atoms with Crippen LogP contribution in [0, 0.1) is 0 Å². The molecule has 7 nitrogen and oxygen atoms in total. The van der Waals surface area contributed by atoms with Gasteiger partial charge in [-0.1, -0.05) is 6.07 Å². The fraction of sp³-hybridized carbons (Fsp3) is 0.478. The van der Waals surface area contributed by atoms with E-state index in [-0.39, 0.29) is 0 Å². The minimum atomic E-state index is 0.677. The zero-order valence-corrected chi connectivity index (χ0v) is 18.6. The molecule has 164 valence electrons. The van der Waals surface area contributed by atoms with Gasteiger partial charge < -0.3 is 23.7 Å². The number of rotatable bonds is 9. The molecule has 0 amide bonds. The van der Waals surface area contributed by atoms with Gasteiger partial charge >= 0.3 is 0 Å². The number of methoxy groups -OCH3 is 5. The Kier molecular flexibility index (Phi) is 7.65. The molecule has 3 rings (SSSR count). The van der Waals surface area contributed by atoms with Gasteiger partial charge in [-0.15, -0.1) is 0 Å². The van der Waals surface area contributed by atoms with Crippen molar-refractivity contribution in [1.29, 1.82) is 0 Å². The van der Waals surface area contributed by atoms with Crippen LogP contribution >= 0.6 is 0 Å². The summed E-state index contributed by atoms with van der Waals surface area (Å²) in [6.45, 7) is 5.62. The highest BCUT2D eigenvalue weighted by Crippen LogP contribution is 2.35. The minimum absolute atomic E-state index is 0.677. The van der Waals surface area contributed by atoms with Gasteiger partial charge in [0.05, 0.1) is 35.5 Å². The molecule has 0 aliphatic carbocycles. The van der Waals surface area contributed by atoms with Crippen LogP contribution in [-0.2, 0) is 13.1 Å². The maximum absolute atomic E-state index is 5.58. The molecule has 0 bridgehead atoms. The lowest BCUT2D eigenvalue weighted by Gasteiger charge is -2.35. The van der Waals surface area contributed by atoms with Crippen LogP contribution in [0.25, 0.3) is 0 Å². The summed E-state index contributed by atoms with van der Waals surface area (Å²) in [7, 11) is 8.34. The van der Waals surface area contributed by atoms with E-state index in [2.05, 4.69) is 15.9 Å². The predicted molar refractivity (Wildman–Crippen MR) is 116 cm³/mol. The monoisotopic (exact) mass is 416 g/mol. The summed E-state index contributed by atoms with van der Waals surface area (Å²) in [6.07, 6.45) is 0. The highest BCUT2D eigenvalue weighted by Gasteiger charge is 2.21. The molecule has 7 heteroatoms. The Balaban J connectivity index is 1.61. The fourth-order valence-electron chi connectivity index (χ4n) is 3.79. The summed E-state index contributed by atoms with van der Waals surface area (Å²) in [5.41, 5.74) is 2.27. The lowest BCUT2D eigenvalue weighted by molar-refractivity contribution is 0.120. The zero-order valence-electron chi connectivity index (χ0n) is 18.6. The summed E-state index contributed by atoms with van der Waals surface area (Å²) >= 11 is 0. The van der Waals surface area contributed by atoms with Crippen LogP contribution in [-0.4, -0.2) is 71.5 Å². The number of nitrogens with zero attached hydrogens (tertiary/aromatic N) is 2. The SMILES string of the molecule is COc1ccc(CN2CCN(Cc3cc(OC)c(OC)cc3OC)CC2)c(OC)c1. The zero-order chi connectivity index (χ0) is 21.5. The Morgan fingerprint density at radius 1 is 0.567 bits per heavy atom. The quantitative estimate of drug-likeness (QED) is 0.623. The Hall–Kier alpha value is -2.64. The van der Waals surface area contributed by atoms with Crippen LogP contribution in [0.5, 0.6) is 28.7 Å². The summed E-state index contributed by atoms with van der Waals surface area (Å²) in [5.74, 6) is 3.89. The van der Waals surface area contributed by atoms with Crippen molar-refractivity contribution in [1.82, 2.24) is 9.80 Å². The molecular weight excluding hydrogens is 384 g/mol. The summed E-state index contributed by atoms with van der Waals surface area (Å²) in [5, 5.41) is 0. The molecule has 1 saturated heterocycles. The average molecular weight is 417 g/mol. The largest absolute Gasteiger partial charge is 0.497 e. The van der Waals surface area contributed by atoms with Gasteiger partial charge in [0.2, 0.25) is 0 Å². The van der Waals surface area contributed by atoms with Gasteiger partial charge in [0, 0.05) is 62.5 Å². The Morgan fingerprint density at radius 3 is 1.60 bits per heavy atom. The van der Waals surface area contributed by atoms with Crippen molar-refractivity contribution in [2.45, 2.75) is 13.1 Å². The summed E-state index contributed by atoms with van der Waals surface area (Å²) < 4.78 is 27.3. The van der Waals surface area contributed by atoms with Gasteiger partial charge in [-0.25, -0.2) is 0 Å². The molecule has 0 saturated carbocycles. The Morgan fingerprint density at radius 2 is 1.07 bits per heavy atom. The lowest BCUT2D eigenvalue weighted by Crippen LogP contribution is -2.45. The molecule has 0 unspecified atom stereocenters. The lowest BCUT2D eigenvalue weighted by atomic mass is 10.1. The molecule has 0 radical (unpaired) electrons. The number of hydrogen-bond acceptors (Lipinski definition) is 7. The second-order valence-electron chi connectivity index (χ2n) is 7.25. The molecule has 2 aromatic rings. The smallest absolute Gasteiger partial charge is 0.164 e. The first-order valence-corrected chi connectivity index (χ1v) is 10.1. The van der Waals surface area contributed by atoms with Crippen molar-refractivity contribution >= 4 is 0 Å². The molecular formula is C23H32N2O5. The molecule has 0 atom stereocenters. The van der Waals surface area contributed by atoms with E-state index < -0.39 is 0 Å². The maximum atomic E-state index is 5.58. The van der Waals surface area contributed by atoms with Crippen LogP contribution in [0.4, 0.5) is 0 Å². The van der Waals surface area contributed by atoms with Gasteiger partial charge in [-0.3, -0.25) is 9.80 Å². The molecule has 1 heterocycles. The first kappa shape index (κ1) is 22.1. The Labute approximate surface area is 179 Å². The third-order valence-corrected chi connectivity index (χ3v) is 5.53. The van der Waals surface area contributed by atoms with Crippen molar-refractivity contribution in [3.8, 4) is 28.7 Å². The van der Waals surface area contributed by atoms with E-state index in [1.165, 1.54) is 5.56 Å². The van der Waals surface area contributed by atoms with E-state index in [0.29, 0.717) is 5.75 Å². The Bertz CT molecular complexity index is 835. The van der Waals surface area contributed by atoms with Gasteiger partial charge in [0.1, 0.15) is 17.2 Å². The maximum Gasteiger partial charge on any atom is 0.164 e. The topological polar surface area (TPSA) is 52.6 Å². The van der Waals surface area contributed by atoms with Gasteiger partial charge in [-0.2, -0.15) is 0 Å². The van der Waals surface area contributed by atoms with Gasteiger partial charge in [-0.05, 0) is 12.1 Å². The first-order valence-electron chi connectivity index (χ1n) is 10.1. The number of piperazine rings is 1. The molecule has 30 heavy (non-hydrogen) atoms. The van der Waals surface area contributed by atoms with Crippen LogP contribution in [0.3, 0.4) is 0 Å². The fourth-order valence-corrected chi connectivity index (χ4v) is 3.79. The van der Waals surface area contributed by atoms with Gasteiger partial charge in [0.25, 0.3) is 0 Å². The third kappa shape index (κ3) is 5.09.